The molecule has 1 aromatic heterocycles. The Morgan fingerprint density at radius 2 is 2.33 bits per heavy atom. The van der Waals surface area contributed by atoms with Gasteiger partial charge in [0.25, 0.3) is 5.69 Å². The topological polar surface area (TPSA) is 68.1 Å². The normalized spacial score (nSPS) is 10.2. The van der Waals surface area contributed by atoms with Crippen LogP contribution in [0.15, 0.2) is 17.1 Å². The number of pyridine rings is 1. The predicted octanol–water partition coefficient (Wildman–Crippen LogP) is -1.15. The van der Waals surface area contributed by atoms with Gasteiger partial charge in [-0.2, -0.15) is 5.48 Å². The Kier molecular flexibility index (Phi) is 2.47. The first-order valence-corrected chi connectivity index (χ1v) is 3.41. The minimum Gasteiger partial charge on any atom is -0.502 e. The van der Waals surface area contributed by atoms with Crippen LogP contribution in [0.5, 0.6) is 5.75 Å². The van der Waals surface area contributed by atoms with Crippen molar-refractivity contribution in [1.82, 2.24) is 4.57 Å². The molecule has 0 radical (unpaired) electrons. The second-order valence-corrected chi connectivity index (χ2v) is 2.38. The lowest BCUT2D eigenvalue weighted by Crippen LogP contribution is -2.78. The highest BCUT2D eigenvalue weighted by Gasteiger charge is 2.11. The van der Waals surface area contributed by atoms with Crippen LogP contribution >= 0.6 is 0 Å². The van der Waals surface area contributed by atoms with Crippen LogP contribution in [-0.4, -0.2) is 16.8 Å². The van der Waals surface area contributed by atoms with Gasteiger partial charge in [0, 0.05) is 19.3 Å². The van der Waals surface area contributed by atoms with E-state index < -0.39 is 0 Å². The van der Waals surface area contributed by atoms with E-state index in [1.807, 2.05) is 0 Å². The van der Waals surface area contributed by atoms with Crippen LogP contribution in [0.2, 0.25) is 0 Å². The first kappa shape index (κ1) is 8.76. The molecular weight excluding hydrogens is 160 g/mol. The maximum Gasteiger partial charge on any atom is 0.318 e. The summed E-state index contributed by atoms with van der Waals surface area (Å²) in [6.45, 7) is 0. The number of hydrogen-bond donors (Lipinski definition) is 2. The first-order chi connectivity index (χ1) is 5.66. The van der Waals surface area contributed by atoms with Crippen LogP contribution in [0.3, 0.4) is 0 Å². The molecule has 0 bridgehead atoms. The molecule has 5 heteroatoms. The highest BCUT2D eigenvalue weighted by molar-refractivity contribution is 5.40. The van der Waals surface area contributed by atoms with E-state index in [2.05, 4.69) is 4.84 Å². The van der Waals surface area contributed by atoms with Crippen molar-refractivity contribution in [2.45, 2.75) is 0 Å². The lowest BCUT2D eigenvalue weighted by atomic mass is 10.4. The van der Waals surface area contributed by atoms with E-state index in [1.54, 1.807) is 7.05 Å². The monoisotopic (exact) mass is 171 g/mol. The SMILES string of the molecule is CO[NH2+]c1c(O)ccn(C)c1=O. The minimum absolute atomic E-state index is 0.0695. The van der Waals surface area contributed by atoms with E-state index in [-0.39, 0.29) is 17.0 Å². The molecule has 1 aromatic rings. The quantitative estimate of drug-likeness (QED) is 0.552. The molecule has 0 aliphatic rings. The third kappa shape index (κ3) is 1.46. The molecule has 1 rings (SSSR count). The molecule has 66 valence electrons. The van der Waals surface area contributed by atoms with Crippen LogP contribution in [0.1, 0.15) is 0 Å². The zero-order chi connectivity index (χ0) is 9.14. The molecule has 0 aliphatic heterocycles. The Bertz CT molecular complexity index is 332. The van der Waals surface area contributed by atoms with E-state index in [0.717, 1.165) is 0 Å². The molecule has 1 heterocycles. The first-order valence-electron chi connectivity index (χ1n) is 3.41. The molecule has 12 heavy (non-hydrogen) atoms. The fourth-order valence-electron chi connectivity index (χ4n) is 0.868. The van der Waals surface area contributed by atoms with Crippen molar-refractivity contribution in [3.05, 3.63) is 22.6 Å². The highest BCUT2D eigenvalue weighted by Crippen LogP contribution is 2.10. The maximum absolute atomic E-state index is 11.3. The predicted molar refractivity (Wildman–Crippen MR) is 41.9 cm³/mol. The zero-order valence-corrected chi connectivity index (χ0v) is 6.94. The summed E-state index contributed by atoms with van der Waals surface area (Å²) >= 11 is 0. The van der Waals surface area contributed by atoms with Crippen molar-refractivity contribution in [2.75, 3.05) is 7.11 Å². The average Bonchev–Trinajstić information content (AvgIpc) is 2.06. The third-order valence-corrected chi connectivity index (χ3v) is 1.52. The smallest absolute Gasteiger partial charge is 0.318 e. The van der Waals surface area contributed by atoms with Gasteiger partial charge in [-0.05, 0) is 0 Å². The number of rotatable bonds is 2. The molecule has 0 unspecified atom stereocenters. The number of aromatic nitrogens is 1. The molecule has 0 aromatic carbocycles. The number of quaternary nitrogens is 1. The number of aromatic hydroxyl groups is 1. The van der Waals surface area contributed by atoms with Crippen LogP contribution in [0, 0.1) is 0 Å². The van der Waals surface area contributed by atoms with Gasteiger partial charge in [-0.1, -0.05) is 0 Å². The molecule has 0 saturated heterocycles. The van der Waals surface area contributed by atoms with E-state index >= 15 is 0 Å². The molecule has 5 nitrogen and oxygen atoms in total. The van der Waals surface area contributed by atoms with Crippen LogP contribution in [0.4, 0.5) is 5.69 Å². The van der Waals surface area contributed by atoms with Crippen LogP contribution < -0.4 is 11.0 Å². The fraction of sp³-hybridized carbons (Fsp3) is 0.286. The van der Waals surface area contributed by atoms with Crippen molar-refractivity contribution in [1.29, 1.82) is 0 Å². The van der Waals surface area contributed by atoms with Crippen molar-refractivity contribution >= 4 is 5.69 Å². The Morgan fingerprint density at radius 3 is 2.92 bits per heavy atom. The lowest BCUT2D eigenvalue weighted by Gasteiger charge is -2.00. The fourth-order valence-corrected chi connectivity index (χ4v) is 0.868. The zero-order valence-electron chi connectivity index (χ0n) is 6.94. The Labute approximate surface area is 69.2 Å². The summed E-state index contributed by atoms with van der Waals surface area (Å²) in [6.07, 6.45) is 1.49. The molecule has 0 atom stereocenters. The van der Waals surface area contributed by atoms with Gasteiger partial charge in [-0.25, -0.2) is 4.84 Å². The van der Waals surface area contributed by atoms with Gasteiger partial charge in [0.1, 0.15) is 0 Å². The van der Waals surface area contributed by atoms with E-state index in [4.69, 9.17) is 0 Å². The van der Waals surface area contributed by atoms with Gasteiger partial charge in [0.2, 0.25) is 0 Å². The molecule has 0 amide bonds. The summed E-state index contributed by atoms with van der Waals surface area (Å²) < 4.78 is 1.37. The largest absolute Gasteiger partial charge is 0.502 e. The van der Waals surface area contributed by atoms with Gasteiger partial charge in [0.15, 0.2) is 5.75 Å². The lowest BCUT2D eigenvalue weighted by molar-refractivity contribution is -0.831. The summed E-state index contributed by atoms with van der Waals surface area (Å²) in [5, 5.41) is 9.22. The summed E-state index contributed by atoms with van der Waals surface area (Å²) in [5.74, 6) is -0.0695. The minimum atomic E-state index is -0.281. The van der Waals surface area contributed by atoms with Gasteiger partial charge in [-0.3, -0.25) is 4.79 Å². The second kappa shape index (κ2) is 3.38. The summed E-state index contributed by atoms with van der Waals surface area (Å²) in [4.78, 5) is 15.9. The van der Waals surface area contributed by atoms with Gasteiger partial charge in [-0.15, -0.1) is 0 Å². The van der Waals surface area contributed by atoms with Crippen molar-refractivity contribution in [3.63, 3.8) is 0 Å². The maximum atomic E-state index is 11.3. The summed E-state index contributed by atoms with van der Waals surface area (Å²) in [5.41, 5.74) is 1.11. The number of hydrogen-bond acceptors (Lipinski definition) is 3. The highest BCUT2D eigenvalue weighted by atomic mass is 16.6. The Morgan fingerprint density at radius 1 is 1.67 bits per heavy atom. The molecule has 3 N–H and O–H groups in total. The van der Waals surface area contributed by atoms with Gasteiger partial charge >= 0.3 is 5.56 Å². The number of nitrogens with two attached hydrogens (primary N) is 1. The van der Waals surface area contributed by atoms with Crippen LogP contribution in [0.25, 0.3) is 0 Å². The van der Waals surface area contributed by atoms with Crippen LogP contribution in [-0.2, 0) is 11.9 Å². The van der Waals surface area contributed by atoms with E-state index in [9.17, 15) is 9.90 Å². The number of aryl methyl sites for hydroxylation is 1. The Hall–Kier alpha value is -1.33. The number of nitrogens with zero attached hydrogens (tertiary/aromatic N) is 1. The van der Waals surface area contributed by atoms with E-state index in [0.29, 0.717) is 0 Å². The standard InChI is InChI=1S/C7H10N2O3/c1-9-4-3-5(10)6(7(9)11)8-12-2/h3-4,8,10H,1-2H3/p+1. The molecule has 0 fully saturated rings. The molecular formula is C7H11N2O3+. The van der Waals surface area contributed by atoms with E-state index in [1.165, 1.54) is 29.4 Å². The summed E-state index contributed by atoms with van der Waals surface area (Å²) in [7, 11) is 3.03. The van der Waals surface area contributed by atoms with Gasteiger partial charge < -0.3 is 9.67 Å². The van der Waals surface area contributed by atoms with Crippen molar-refractivity contribution in [3.8, 4) is 5.75 Å². The average molecular weight is 171 g/mol. The Balaban J connectivity index is 3.24. The molecule has 0 saturated carbocycles. The van der Waals surface area contributed by atoms with Crippen molar-refractivity contribution < 1.29 is 15.4 Å². The second-order valence-electron chi connectivity index (χ2n) is 2.38. The van der Waals surface area contributed by atoms with Gasteiger partial charge in [0.05, 0.1) is 7.11 Å². The molecule has 0 spiro atoms. The third-order valence-electron chi connectivity index (χ3n) is 1.52. The summed E-state index contributed by atoms with van der Waals surface area (Å²) in [6, 6.07) is 1.44. The molecule has 0 aliphatic carbocycles. The van der Waals surface area contributed by atoms with Crippen molar-refractivity contribution in [2.24, 2.45) is 7.05 Å².